The molecule has 0 aliphatic heterocycles. The summed E-state index contributed by atoms with van der Waals surface area (Å²) in [6, 6.07) is 0. The van der Waals surface area contributed by atoms with Crippen molar-refractivity contribution in [1.82, 2.24) is 0 Å². The largest absolute Gasteiger partial charge is 0.377 e. The van der Waals surface area contributed by atoms with Crippen molar-refractivity contribution in [3.63, 3.8) is 0 Å². The van der Waals surface area contributed by atoms with Crippen LogP contribution in [0.15, 0.2) is 12.2 Å². The molecule has 0 heterocycles. The molecule has 54 valence electrons. The van der Waals surface area contributed by atoms with Gasteiger partial charge in [0.15, 0.2) is 18.2 Å². The van der Waals surface area contributed by atoms with Crippen molar-refractivity contribution in [3.05, 3.63) is 12.2 Å². The zero-order valence-corrected chi connectivity index (χ0v) is 5.06. The van der Waals surface area contributed by atoms with Crippen LogP contribution in [0.5, 0.6) is 0 Å². The Balaban J connectivity index is 3.95. The average molecular weight is 142 g/mol. The van der Waals surface area contributed by atoms with Crippen molar-refractivity contribution in [2.45, 2.75) is 6.10 Å². The summed E-state index contributed by atoms with van der Waals surface area (Å²) >= 11 is 0. The lowest BCUT2D eigenvalue weighted by Gasteiger charge is -1.92. The lowest BCUT2D eigenvalue weighted by Crippen LogP contribution is -2.18. The number of aliphatic hydroxyl groups is 1. The van der Waals surface area contributed by atoms with Crippen LogP contribution < -0.4 is 0 Å². The topological polar surface area (TPSA) is 71.4 Å². The Labute approximate surface area is 57.2 Å². The molecule has 0 radical (unpaired) electrons. The standard InChI is InChI=1S/C6H6O4/c7-3-1-2-5(9)6(10)4-8/h1-4,6,10H. The third-order valence-electron chi connectivity index (χ3n) is 0.759. The minimum Gasteiger partial charge on any atom is -0.377 e. The summed E-state index contributed by atoms with van der Waals surface area (Å²) in [5.41, 5.74) is 0. The van der Waals surface area contributed by atoms with Gasteiger partial charge in [0.05, 0.1) is 0 Å². The molecule has 0 saturated carbocycles. The second-order valence-electron chi connectivity index (χ2n) is 1.48. The molecule has 0 aromatic rings. The molecular weight excluding hydrogens is 136 g/mol. The van der Waals surface area contributed by atoms with Crippen molar-refractivity contribution in [3.8, 4) is 0 Å². The number of carbonyl (C=O) groups excluding carboxylic acids is 3. The molecule has 0 rings (SSSR count). The Morgan fingerprint density at radius 2 is 2.00 bits per heavy atom. The van der Waals surface area contributed by atoms with Gasteiger partial charge in [-0.3, -0.25) is 14.4 Å². The number of hydrogen-bond donors (Lipinski definition) is 1. The number of ketones is 1. The maximum atomic E-state index is 10.4. The summed E-state index contributed by atoms with van der Waals surface area (Å²) in [7, 11) is 0. The van der Waals surface area contributed by atoms with Crippen LogP contribution in [0.2, 0.25) is 0 Å². The van der Waals surface area contributed by atoms with E-state index in [-0.39, 0.29) is 6.29 Å². The molecule has 10 heavy (non-hydrogen) atoms. The zero-order chi connectivity index (χ0) is 7.98. The van der Waals surface area contributed by atoms with Crippen LogP contribution in [-0.2, 0) is 14.4 Å². The SMILES string of the molecule is O=CC=CC(=O)C(O)C=O. The molecule has 1 unspecified atom stereocenters. The summed E-state index contributed by atoms with van der Waals surface area (Å²) in [5.74, 6) is -0.790. The normalized spacial score (nSPS) is 12.9. The Morgan fingerprint density at radius 1 is 1.40 bits per heavy atom. The monoisotopic (exact) mass is 142 g/mol. The van der Waals surface area contributed by atoms with Gasteiger partial charge in [-0.2, -0.15) is 0 Å². The maximum Gasteiger partial charge on any atom is 0.191 e. The second-order valence-corrected chi connectivity index (χ2v) is 1.48. The third-order valence-corrected chi connectivity index (χ3v) is 0.759. The van der Waals surface area contributed by atoms with Crippen LogP contribution in [0, 0.1) is 0 Å². The van der Waals surface area contributed by atoms with E-state index in [1.807, 2.05) is 0 Å². The van der Waals surface area contributed by atoms with E-state index in [1.165, 1.54) is 0 Å². The molecule has 0 bridgehead atoms. The first-order valence-electron chi connectivity index (χ1n) is 2.51. The van der Waals surface area contributed by atoms with E-state index >= 15 is 0 Å². The number of aliphatic hydroxyl groups excluding tert-OH is 1. The van der Waals surface area contributed by atoms with Gasteiger partial charge in [-0.1, -0.05) is 0 Å². The molecule has 1 N–H and O–H groups in total. The molecule has 4 heteroatoms. The van der Waals surface area contributed by atoms with Crippen molar-refractivity contribution >= 4 is 18.4 Å². The van der Waals surface area contributed by atoms with E-state index in [2.05, 4.69) is 0 Å². The highest BCUT2D eigenvalue weighted by Gasteiger charge is 2.08. The summed E-state index contributed by atoms with van der Waals surface area (Å²) in [6.07, 6.45) is 0.588. The lowest BCUT2D eigenvalue weighted by molar-refractivity contribution is -0.129. The van der Waals surface area contributed by atoms with Crippen molar-refractivity contribution in [2.75, 3.05) is 0 Å². The lowest BCUT2D eigenvalue weighted by atomic mass is 10.2. The predicted molar refractivity (Wildman–Crippen MR) is 32.3 cm³/mol. The maximum absolute atomic E-state index is 10.4. The third kappa shape index (κ3) is 2.88. The highest BCUT2D eigenvalue weighted by molar-refractivity contribution is 6.04. The van der Waals surface area contributed by atoms with Crippen LogP contribution >= 0.6 is 0 Å². The molecule has 4 nitrogen and oxygen atoms in total. The molecule has 0 aliphatic carbocycles. The van der Waals surface area contributed by atoms with E-state index in [9.17, 15) is 14.4 Å². The van der Waals surface area contributed by atoms with Crippen LogP contribution in [-0.4, -0.2) is 29.6 Å². The summed E-state index contributed by atoms with van der Waals surface area (Å²) in [5, 5.41) is 8.47. The minimum atomic E-state index is -1.64. The summed E-state index contributed by atoms with van der Waals surface area (Å²) in [6.45, 7) is 0. The highest BCUT2D eigenvalue weighted by Crippen LogP contribution is 1.82. The van der Waals surface area contributed by atoms with Gasteiger partial charge in [0.1, 0.15) is 6.29 Å². The molecule has 0 spiro atoms. The van der Waals surface area contributed by atoms with E-state index in [4.69, 9.17) is 5.11 Å². The molecule has 0 aromatic heterocycles. The minimum absolute atomic E-state index is 0.0947. The van der Waals surface area contributed by atoms with Crippen LogP contribution in [0.1, 0.15) is 0 Å². The zero-order valence-electron chi connectivity index (χ0n) is 5.06. The van der Waals surface area contributed by atoms with Gasteiger partial charge in [-0.25, -0.2) is 0 Å². The second kappa shape index (κ2) is 4.58. The van der Waals surface area contributed by atoms with Crippen molar-refractivity contribution in [2.24, 2.45) is 0 Å². The smallest absolute Gasteiger partial charge is 0.191 e. The Morgan fingerprint density at radius 3 is 2.40 bits per heavy atom. The van der Waals surface area contributed by atoms with Gasteiger partial charge in [-0.05, 0) is 12.2 Å². The number of carbonyl (C=O) groups is 3. The fraction of sp³-hybridized carbons (Fsp3) is 0.167. The van der Waals surface area contributed by atoms with Gasteiger partial charge in [0, 0.05) is 0 Å². The fourth-order valence-electron chi connectivity index (χ4n) is 0.300. The first-order chi connectivity index (χ1) is 4.72. The molecule has 1 atom stereocenters. The van der Waals surface area contributed by atoms with Gasteiger partial charge in [0.2, 0.25) is 0 Å². The number of rotatable bonds is 4. The van der Waals surface area contributed by atoms with Gasteiger partial charge < -0.3 is 5.11 Å². The van der Waals surface area contributed by atoms with Crippen LogP contribution in [0.25, 0.3) is 0 Å². The molecule has 0 amide bonds. The van der Waals surface area contributed by atoms with E-state index in [0.29, 0.717) is 6.29 Å². The van der Waals surface area contributed by atoms with Crippen molar-refractivity contribution < 1.29 is 19.5 Å². The number of allylic oxidation sites excluding steroid dienone is 1. The number of aldehydes is 2. The molecule has 0 fully saturated rings. The Bertz CT molecular complexity index is 171. The van der Waals surface area contributed by atoms with Crippen LogP contribution in [0.4, 0.5) is 0 Å². The van der Waals surface area contributed by atoms with E-state index < -0.39 is 11.9 Å². The first kappa shape index (κ1) is 8.71. The molecule has 0 aliphatic rings. The van der Waals surface area contributed by atoms with Gasteiger partial charge >= 0.3 is 0 Å². The van der Waals surface area contributed by atoms with E-state index in [0.717, 1.165) is 12.2 Å². The van der Waals surface area contributed by atoms with Crippen LogP contribution in [0.3, 0.4) is 0 Å². The first-order valence-corrected chi connectivity index (χ1v) is 2.51. The summed E-state index contributed by atoms with van der Waals surface area (Å²) < 4.78 is 0. The molecular formula is C6H6O4. The molecule has 0 aromatic carbocycles. The number of hydrogen-bond acceptors (Lipinski definition) is 4. The predicted octanol–water partition coefficient (Wildman–Crippen LogP) is -1.13. The highest BCUT2D eigenvalue weighted by atomic mass is 16.3. The quantitative estimate of drug-likeness (QED) is 0.306. The summed E-state index contributed by atoms with van der Waals surface area (Å²) in [4.78, 5) is 29.7. The van der Waals surface area contributed by atoms with E-state index in [1.54, 1.807) is 0 Å². The fourth-order valence-corrected chi connectivity index (χ4v) is 0.300. The average Bonchev–Trinajstić information content (AvgIpc) is 1.98. The van der Waals surface area contributed by atoms with Crippen molar-refractivity contribution in [1.29, 1.82) is 0 Å². The Kier molecular flexibility index (Phi) is 3.99. The molecule has 0 saturated heterocycles. The van der Waals surface area contributed by atoms with Gasteiger partial charge in [-0.15, -0.1) is 0 Å². The van der Waals surface area contributed by atoms with Gasteiger partial charge in [0.25, 0.3) is 0 Å². The Hall–Kier alpha value is -1.29.